The first-order valence-electron chi connectivity index (χ1n) is 6.32. The van der Waals surface area contributed by atoms with Crippen LogP contribution in [0, 0.1) is 0 Å². The van der Waals surface area contributed by atoms with Crippen LogP contribution >= 0.6 is 0 Å². The fraction of sp³-hybridized carbons (Fsp3) is 0.308. The van der Waals surface area contributed by atoms with Crippen molar-refractivity contribution in [3.8, 4) is 5.95 Å². The Labute approximate surface area is 116 Å². The van der Waals surface area contributed by atoms with Gasteiger partial charge in [0.1, 0.15) is 5.82 Å². The highest BCUT2D eigenvalue weighted by atomic mass is 16.4. The topological polar surface area (TPSA) is 93.8 Å². The van der Waals surface area contributed by atoms with Crippen molar-refractivity contribution in [2.45, 2.75) is 26.7 Å². The van der Waals surface area contributed by atoms with Gasteiger partial charge in [0.2, 0.25) is 0 Å². The first kappa shape index (κ1) is 13.9. The van der Waals surface area contributed by atoms with Crippen molar-refractivity contribution in [1.82, 2.24) is 24.7 Å². The lowest BCUT2D eigenvalue weighted by Gasteiger charge is -2.01. The number of aliphatic carboxylic acids is 1. The summed E-state index contributed by atoms with van der Waals surface area (Å²) in [6, 6.07) is 0. The van der Waals surface area contributed by atoms with Gasteiger partial charge in [0, 0.05) is 36.9 Å². The van der Waals surface area contributed by atoms with Gasteiger partial charge in [-0.25, -0.2) is 19.7 Å². The van der Waals surface area contributed by atoms with E-state index < -0.39 is 5.97 Å². The third-order valence-corrected chi connectivity index (χ3v) is 2.62. The van der Waals surface area contributed by atoms with Crippen LogP contribution < -0.4 is 0 Å². The standard InChI is InChI=1S/C13H15N5O2/c1-3-10-16-11(4-2)18(17-10)13-14-7-9(8-15-13)5-6-12(19)20/h5-8H,3-4H2,1-2H3,(H,19,20)/b6-5+. The van der Waals surface area contributed by atoms with Crippen LogP contribution in [0.15, 0.2) is 18.5 Å². The molecular formula is C13H15N5O2. The van der Waals surface area contributed by atoms with Gasteiger partial charge in [-0.1, -0.05) is 13.8 Å². The molecule has 1 N–H and O–H groups in total. The molecule has 0 fully saturated rings. The minimum Gasteiger partial charge on any atom is -0.478 e. The molecule has 0 radical (unpaired) electrons. The Bertz CT molecular complexity index is 631. The summed E-state index contributed by atoms with van der Waals surface area (Å²) in [6.45, 7) is 3.98. The summed E-state index contributed by atoms with van der Waals surface area (Å²) in [6.07, 6.45) is 7.06. The third-order valence-electron chi connectivity index (χ3n) is 2.62. The molecule has 0 amide bonds. The molecular weight excluding hydrogens is 258 g/mol. The van der Waals surface area contributed by atoms with E-state index in [9.17, 15) is 4.79 Å². The van der Waals surface area contributed by atoms with Gasteiger partial charge in [-0.3, -0.25) is 0 Å². The van der Waals surface area contributed by atoms with E-state index in [1.807, 2.05) is 13.8 Å². The second-order valence-corrected chi connectivity index (χ2v) is 4.05. The summed E-state index contributed by atoms with van der Waals surface area (Å²) < 4.78 is 1.61. The summed E-state index contributed by atoms with van der Waals surface area (Å²) in [4.78, 5) is 23.2. The number of carboxylic acid groups (broad SMARTS) is 1. The van der Waals surface area contributed by atoms with Crippen LogP contribution in [-0.2, 0) is 17.6 Å². The Morgan fingerprint density at radius 1 is 1.30 bits per heavy atom. The van der Waals surface area contributed by atoms with E-state index in [1.54, 1.807) is 17.1 Å². The molecule has 0 spiro atoms. The Balaban J connectivity index is 2.30. The number of rotatable bonds is 5. The predicted octanol–water partition coefficient (Wildman–Crippen LogP) is 1.28. The predicted molar refractivity (Wildman–Crippen MR) is 72.4 cm³/mol. The molecule has 2 heterocycles. The average molecular weight is 273 g/mol. The number of nitrogens with zero attached hydrogens (tertiary/aromatic N) is 5. The van der Waals surface area contributed by atoms with Crippen molar-refractivity contribution in [2.75, 3.05) is 0 Å². The average Bonchev–Trinajstić information content (AvgIpc) is 2.89. The quantitative estimate of drug-likeness (QED) is 0.825. The van der Waals surface area contributed by atoms with E-state index >= 15 is 0 Å². The van der Waals surface area contributed by atoms with Crippen LogP contribution in [0.1, 0.15) is 31.1 Å². The van der Waals surface area contributed by atoms with E-state index in [0.29, 0.717) is 11.5 Å². The second kappa shape index (κ2) is 6.05. The number of carboxylic acids is 1. The van der Waals surface area contributed by atoms with Crippen molar-refractivity contribution in [3.63, 3.8) is 0 Å². The normalized spacial score (nSPS) is 11.1. The number of aromatic nitrogens is 5. The monoisotopic (exact) mass is 273 g/mol. The van der Waals surface area contributed by atoms with E-state index in [2.05, 4.69) is 20.1 Å². The van der Waals surface area contributed by atoms with Crippen molar-refractivity contribution in [3.05, 3.63) is 35.7 Å². The molecule has 2 aromatic rings. The molecule has 0 bridgehead atoms. The highest BCUT2D eigenvalue weighted by Gasteiger charge is 2.10. The molecule has 104 valence electrons. The van der Waals surface area contributed by atoms with Gasteiger partial charge in [0.05, 0.1) is 0 Å². The highest BCUT2D eigenvalue weighted by molar-refractivity contribution is 5.85. The summed E-state index contributed by atoms with van der Waals surface area (Å²) in [5.74, 6) is 0.976. The Kier molecular flexibility index (Phi) is 4.19. The Hall–Kier alpha value is -2.57. The smallest absolute Gasteiger partial charge is 0.328 e. The van der Waals surface area contributed by atoms with Crippen molar-refractivity contribution in [1.29, 1.82) is 0 Å². The lowest BCUT2D eigenvalue weighted by atomic mass is 10.3. The highest BCUT2D eigenvalue weighted by Crippen LogP contribution is 2.07. The van der Waals surface area contributed by atoms with E-state index in [-0.39, 0.29) is 0 Å². The molecule has 2 aromatic heterocycles. The minimum absolute atomic E-state index is 0.432. The first-order valence-corrected chi connectivity index (χ1v) is 6.32. The molecule has 0 saturated carbocycles. The molecule has 0 aromatic carbocycles. The summed E-state index contributed by atoms with van der Waals surface area (Å²) in [5.41, 5.74) is 0.616. The van der Waals surface area contributed by atoms with E-state index in [4.69, 9.17) is 5.11 Å². The maximum Gasteiger partial charge on any atom is 0.328 e. The maximum atomic E-state index is 10.4. The van der Waals surface area contributed by atoms with Crippen molar-refractivity contribution < 1.29 is 9.90 Å². The van der Waals surface area contributed by atoms with Crippen LogP contribution in [0.3, 0.4) is 0 Å². The largest absolute Gasteiger partial charge is 0.478 e. The van der Waals surface area contributed by atoms with Gasteiger partial charge in [-0.15, -0.1) is 5.10 Å². The van der Waals surface area contributed by atoms with Gasteiger partial charge in [0.15, 0.2) is 5.82 Å². The molecule has 0 atom stereocenters. The lowest BCUT2D eigenvalue weighted by Crippen LogP contribution is -2.06. The maximum absolute atomic E-state index is 10.4. The Morgan fingerprint density at radius 2 is 2.00 bits per heavy atom. The molecule has 0 aliphatic rings. The molecule has 7 nitrogen and oxygen atoms in total. The number of hydrogen-bond donors (Lipinski definition) is 1. The van der Waals surface area contributed by atoms with Crippen LogP contribution in [0.5, 0.6) is 0 Å². The van der Waals surface area contributed by atoms with Gasteiger partial charge < -0.3 is 5.11 Å². The zero-order chi connectivity index (χ0) is 14.5. The van der Waals surface area contributed by atoms with Gasteiger partial charge in [0.25, 0.3) is 5.95 Å². The van der Waals surface area contributed by atoms with Gasteiger partial charge in [-0.2, -0.15) is 4.68 Å². The van der Waals surface area contributed by atoms with Crippen LogP contribution in [0.4, 0.5) is 0 Å². The summed E-state index contributed by atoms with van der Waals surface area (Å²) in [5, 5.41) is 12.9. The number of hydrogen-bond acceptors (Lipinski definition) is 5. The molecule has 7 heteroatoms. The zero-order valence-corrected chi connectivity index (χ0v) is 11.3. The summed E-state index contributed by atoms with van der Waals surface area (Å²) >= 11 is 0. The SMILES string of the molecule is CCc1nc(CC)n(-c2ncc(/C=C/C(=O)O)cn2)n1. The van der Waals surface area contributed by atoms with E-state index in [1.165, 1.54) is 6.08 Å². The third kappa shape index (κ3) is 3.05. The van der Waals surface area contributed by atoms with Crippen LogP contribution in [0.2, 0.25) is 0 Å². The van der Waals surface area contributed by atoms with Gasteiger partial charge in [-0.05, 0) is 6.08 Å². The minimum atomic E-state index is -1.01. The molecule has 0 aliphatic carbocycles. The zero-order valence-electron chi connectivity index (χ0n) is 11.3. The fourth-order valence-corrected chi connectivity index (χ4v) is 1.62. The Morgan fingerprint density at radius 3 is 2.55 bits per heavy atom. The fourth-order valence-electron chi connectivity index (χ4n) is 1.62. The van der Waals surface area contributed by atoms with Gasteiger partial charge >= 0.3 is 5.97 Å². The van der Waals surface area contributed by atoms with Crippen molar-refractivity contribution in [2.24, 2.45) is 0 Å². The van der Waals surface area contributed by atoms with E-state index in [0.717, 1.165) is 30.6 Å². The van der Waals surface area contributed by atoms with Crippen LogP contribution in [0.25, 0.3) is 12.0 Å². The van der Waals surface area contributed by atoms with Crippen LogP contribution in [-0.4, -0.2) is 35.8 Å². The number of carbonyl (C=O) groups is 1. The molecule has 20 heavy (non-hydrogen) atoms. The molecule has 2 rings (SSSR count). The first-order chi connectivity index (χ1) is 9.63. The molecule has 0 saturated heterocycles. The lowest BCUT2D eigenvalue weighted by molar-refractivity contribution is -0.131. The van der Waals surface area contributed by atoms with Crippen molar-refractivity contribution >= 4 is 12.0 Å². The second-order valence-electron chi connectivity index (χ2n) is 4.05. The summed E-state index contributed by atoms with van der Waals surface area (Å²) in [7, 11) is 0. The molecule has 0 aliphatic heterocycles. The number of aryl methyl sites for hydroxylation is 2. The molecule has 0 unspecified atom stereocenters.